The second-order valence-electron chi connectivity index (χ2n) is 4.35. The Balaban J connectivity index is 1.91. The average molecular weight is 301 g/mol. The van der Waals surface area contributed by atoms with Gasteiger partial charge in [-0.15, -0.1) is 0 Å². The Hall–Kier alpha value is -2.34. The number of amides is 2. The van der Waals surface area contributed by atoms with Crippen molar-refractivity contribution < 1.29 is 9.59 Å². The number of anilines is 2. The fraction of sp³-hybridized carbons (Fsp3) is 0.133. The lowest BCUT2D eigenvalue weighted by Crippen LogP contribution is -2.16. The van der Waals surface area contributed by atoms with Gasteiger partial charge < -0.3 is 10.6 Å². The van der Waals surface area contributed by atoms with Crippen molar-refractivity contribution >= 4 is 35.9 Å². The molecule has 1 aromatic carbocycles. The molecule has 2 amide bonds. The summed E-state index contributed by atoms with van der Waals surface area (Å²) in [7, 11) is 0. The fourth-order valence-electron chi connectivity index (χ4n) is 1.71. The maximum atomic E-state index is 11.9. The van der Waals surface area contributed by atoms with Crippen molar-refractivity contribution in [2.75, 3.05) is 16.4 Å². The molecular formula is C15H15N3O2S. The molecule has 2 rings (SSSR count). The van der Waals surface area contributed by atoms with Gasteiger partial charge in [0.15, 0.2) is 0 Å². The Morgan fingerprint density at radius 2 is 1.76 bits per heavy atom. The van der Waals surface area contributed by atoms with Gasteiger partial charge in [-0.1, -0.05) is 30.3 Å². The van der Waals surface area contributed by atoms with E-state index in [-0.39, 0.29) is 17.6 Å². The number of aromatic nitrogens is 1. The molecule has 6 heteroatoms. The Morgan fingerprint density at radius 1 is 1.00 bits per heavy atom. The first kappa shape index (κ1) is 15.1. The normalized spacial score (nSPS) is 9.95. The predicted octanol–water partition coefficient (Wildman–Crippen LogP) is 2.13. The van der Waals surface area contributed by atoms with E-state index >= 15 is 0 Å². The molecule has 0 aliphatic heterocycles. The molecule has 0 unspecified atom stereocenters. The van der Waals surface area contributed by atoms with Gasteiger partial charge in [-0.05, 0) is 17.7 Å². The molecule has 108 valence electrons. The molecule has 1 aromatic heterocycles. The number of rotatable bonds is 5. The molecule has 5 nitrogen and oxygen atoms in total. The molecule has 21 heavy (non-hydrogen) atoms. The Labute approximate surface area is 128 Å². The molecule has 0 saturated heterocycles. The highest BCUT2D eigenvalue weighted by molar-refractivity contribution is 7.81. The van der Waals surface area contributed by atoms with Gasteiger partial charge in [0.2, 0.25) is 11.8 Å². The maximum absolute atomic E-state index is 11.9. The summed E-state index contributed by atoms with van der Waals surface area (Å²) in [5.41, 5.74) is 1.50. The van der Waals surface area contributed by atoms with Gasteiger partial charge in [0.05, 0.1) is 24.1 Å². The molecule has 0 bridgehead atoms. The van der Waals surface area contributed by atoms with Crippen molar-refractivity contribution in [3.8, 4) is 0 Å². The van der Waals surface area contributed by atoms with Gasteiger partial charge in [-0.2, -0.15) is 12.6 Å². The number of hydrogen-bond donors (Lipinski definition) is 3. The lowest BCUT2D eigenvalue weighted by atomic mass is 10.1. The van der Waals surface area contributed by atoms with Crippen LogP contribution in [0.1, 0.15) is 5.56 Å². The number of nitrogens with zero attached hydrogens (tertiary/aromatic N) is 1. The molecule has 0 fully saturated rings. The average Bonchev–Trinajstić information content (AvgIpc) is 2.50. The van der Waals surface area contributed by atoms with Crippen LogP contribution in [0.25, 0.3) is 0 Å². The van der Waals surface area contributed by atoms with Crippen molar-refractivity contribution in [2.24, 2.45) is 0 Å². The highest BCUT2D eigenvalue weighted by Crippen LogP contribution is 2.10. The molecule has 2 aromatic rings. The van der Waals surface area contributed by atoms with Crippen LogP contribution in [0.4, 0.5) is 11.5 Å². The van der Waals surface area contributed by atoms with Gasteiger partial charge in [0.1, 0.15) is 5.82 Å². The molecule has 0 aliphatic rings. The van der Waals surface area contributed by atoms with Crippen LogP contribution >= 0.6 is 12.6 Å². The van der Waals surface area contributed by atoms with E-state index in [1.165, 1.54) is 6.20 Å². The summed E-state index contributed by atoms with van der Waals surface area (Å²) >= 11 is 3.87. The summed E-state index contributed by atoms with van der Waals surface area (Å²) in [6.45, 7) is 0. The van der Waals surface area contributed by atoms with Gasteiger partial charge in [0.25, 0.3) is 0 Å². The smallest absolute Gasteiger partial charge is 0.234 e. The lowest BCUT2D eigenvalue weighted by molar-refractivity contribution is -0.115. The molecule has 0 aliphatic carbocycles. The standard InChI is InChI=1S/C15H15N3O2S/c19-14(8-11-4-2-1-3-5-11)18-13-7-6-12(9-16-13)17-15(20)10-21/h1-7,9,21H,8,10H2,(H,17,20)(H,16,18,19). The summed E-state index contributed by atoms with van der Waals surface area (Å²) in [5, 5.41) is 5.33. The molecule has 0 atom stereocenters. The van der Waals surface area contributed by atoms with E-state index in [0.717, 1.165) is 5.56 Å². The summed E-state index contributed by atoms with van der Waals surface area (Å²) in [6.07, 6.45) is 1.78. The van der Waals surface area contributed by atoms with Crippen LogP contribution in [0.3, 0.4) is 0 Å². The lowest BCUT2D eigenvalue weighted by Gasteiger charge is -2.06. The molecule has 0 saturated carbocycles. The number of nitrogens with one attached hydrogen (secondary N) is 2. The van der Waals surface area contributed by atoms with Crippen LogP contribution in [-0.2, 0) is 16.0 Å². The van der Waals surface area contributed by atoms with Crippen LogP contribution in [0, 0.1) is 0 Å². The summed E-state index contributed by atoms with van der Waals surface area (Å²) in [5.74, 6) is 0.205. The highest BCUT2D eigenvalue weighted by Gasteiger charge is 2.05. The Bertz CT molecular complexity index is 615. The SMILES string of the molecule is O=C(CS)Nc1ccc(NC(=O)Cc2ccccc2)nc1. The monoisotopic (exact) mass is 301 g/mol. The summed E-state index contributed by atoms with van der Waals surface area (Å²) in [4.78, 5) is 27.1. The van der Waals surface area contributed by atoms with Crippen molar-refractivity contribution in [1.82, 2.24) is 4.98 Å². The van der Waals surface area contributed by atoms with E-state index in [9.17, 15) is 9.59 Å². The number of carbonyl (C=O) groups excluding carboxylic acids is 2. The number of thiol groups is 1. The van der Waals surface area contributed by atoms with Crippen LogP contribution < -0.4 is 10.6 Å². The zero-order valence-electron chi connectivity index (χ0n) is 11.2. The minimum atomic E-state index is -0.207. The minimum Gasteiger partial charge on any atom is -0.324 e. The largest absolute Gasteiger partial charge is 0.324 e. The van der Waals surface area contributed by atoms with Crippen molar-refractivity contribution in [3.63, 3.8) is 0 Å². The van der Waals surface area contributed by atoms with Gasteiger partial charge in [0, 0.05) is 0 Å². The van der Waals surface area contributed by atoms with E-state index < -0.39 is 0 Å². The van der Waals surface area contributed by atoms with E-state index in [4.69, 9.17) is 0 Å². The Kier molecular flexibility index (Phi) is 5.34. The van der Waals surface area contributed by atoms with Crippen LogP contribution in [0.15, 0.2) is 48.7 Å². The minimum absolute atomic E-state index is 0.107. The number of hydrogen-bond acceptors (Lipinski definition) is 4. The van der Waals surface area contributed by atoms with Crippen LogP contribution in [0.2, 0.25) is 0 Å². The zero-order valence-corrected chi connectivity index (χ0v) is 12.1. The molecule has 0 spiro atoms. The number of carbonyl (C=O) groups is 2. The quantitative estimate of drug-likeness (QED) is 0.741. The molecule has 2 N–H and O–H groups in total. The predicted molar refractivity (Wildman–Crippen MR) is 85.5 cm³/mol. The van der Waals surface area contributed by atoms with Gasteiger partial charge >= 0.3 is 0 Å². The highest BCUT2D eigenvalue weighted by atomic mass is 32.1. The summed E-state index contributed by atoms with van der Waals surface area (Å²) < 4.78 is 0. The first-order valence-corrected chi connectivity index (χ1v) is 7.01. The van der Waals surface area contributed by atoms with Crippen LogP contribution in [0.5, 0.6) is 0 Å². The maximum Gasteiger partial charge on any atom is 0.234 e. The first-order chi connectivity index (χ1) is 10.2. The van der Waals surface area contributed by atoms with E-state index in [1.54, 1.807) is 12.1 Å². The molecule has 0 radical (unpaired) electrons. The molecule has 1 heterocycles. The molecular weight excluding hydrogens is 286 g/mol. The van der Waals surface area contributed by atoms with E-state index in [2.05, 4.69) is 28.2 Å². The van der Waals surface area contributed by atoms with Gasteiger partial charge in [-0.25, -0.2) is 4.98 Å². The van der Waals surface area contributed by atoms with E-state index in [0.29, 0.717) is 17.9 Å². The van der Waals surface area contributed by atoms with Crippen molar-refractivity contribution in [1.29, 1.82) is 0 Å². The second kappa shape index (κ2) is 7.44. The topological polar surface area (TPSA) is 71.1 Å². The zero-order chi connectivity index (χ0) is 15.1. The van der Waals surface area contributed by atoms with Gasteiger partial charge in [-0.3, -0.25) is 9.59 Å². The third kappa shape index (κ3) is 4.92. The first-order valence-electron chi connectivity index (χ1n) is 6.38. The fourth-order valence-corrected chi connectivity index (χ4v) is 1.79. The third-order valence-corrected chi connectivity index (χ3v) is 2.95. The van der Waals surface area contributed by atoms with Crippen molar-refractivity contribution in [2.45, 2.75) is 6.42 Å². The number of benzene rings is 1. The third-order valence-electron chi connectivity index (χ3n) is 2.67. The second-order valence-corrected chi connectivity index (χ2v) is 4.67. The summed E-state index contributed by atoms with van der Waals surface area (Å²) in [6, 6.07) is 12.8. The number of pyridine rings is 1. The van der Waals surface area contributed by atoms with E-state index in [1.807, 2.05) is 30.3 Å². The van der Waals surface area contributed by atoms with Crippen molar-refractivity contribution in [3.05, 3.63) is 54.2 Å². The van der Waals surface area contributed by atoms with Crippen LogP contribution in [-0.4, -0.2) is 22.6 Å². The Morgan fingerprint density at radius 3 is 2.38 bits per heavy atom.